The lowest BCUT2D eigenvalue weighted by molar-refractivity contribution is -0.137. The molecule has 8 heteroatoms. The second-order valence-corrected chi connectivity index (χ2v) is 9.60. The zero-order valence-corrected chi connectivity index (χ0v) is 17.2. The van der Waals surface area contributed by atoms with Gasteiger partial charge in [-0.3, -0.25) is 14.6 Å². The number of nitrogens with one attached hydrogen (secondary N) is 1. The fraction of sp³-hybridized carbons (Fsp3) is 0.632. The van der Waals surface area contributed by atoms with E-state index in [9.17, 15) is 13.8 Å². The average molecular weight is 398 g/mol. The van der Waals surface area contributed by atoms with Crippen LogP contribution in [0.2, 0.25) is 0 Å². The lowest BCUT2D eigenvalue weighted by atomic mass is 10.0. The first kappa shape index (κ1) is 23.2. The number of nitrogens with two attached hydrogens (primary N) is 1. The first-order valence-electron chi connectivity index (χ1n) is 9.22. The molecule has 4 N–H and O–H groups in total. The Kier molecular flexibility index (Phi) is 9.59. The average Bonchev–Trinajstić information content (AvgIpc) is 2.57. The number of carboxylic acid groups (broad SMARTS) is 1. The normalized spacial score (nSPS) is 13.9. The molecule has 0 aromatic carbocycles. The van der Waals surface area contributed by atoms with Gasteiger partial charge in [-0.25, -0.2) is 8.93 Å². The van der Waals surface area contributed by atoms with Crippen molar-refractivity contribution in [3.63, 3.8) is 0 Å². The number of carbonyl (C=O) groups excluding carboxylic acids is 1. The van der Waals surface area contributed by atoms with Gasteiger partial charge in [-0.05, 0) is 58.1 Å². The lowest BCUT2D eigenvalue weighted by Gasteiger charge is -2.24. The number of primary amides is 1. The number of pyridine rings is 1. The molecule has 1 amide bonds. The molecule has 2 atom stereocenters. The Bertz CT molecular complexity index is 641. The second kappa shape index (κ2) is 11.1. The molecule has 0 saturated carbocycles. The van der Waals surface area contributed by atoms with Crippen molar-refractivity contribution >= 4 is 22.9 Å². The van der Waals surface area contributed by atoms with E-state index in [-0.39, 0.29) is 18.9 Å². The Morgan fingerprint density at radius 1 is 1.22 bits per heavy atom. The number of nitrogens with zero attached hydrogens (tertiary/aromatic N) is 1. The van der Waals surface area contributed by atoms with Crippen LogP contribution in [-0.4, -0.2) is 30.9 Å². The number of aromatic nitrogens is 1. The molecule has 0 aliphatic carbocycles. The predicted octanol–water partition coefficient (Wildman–Crippen LogP) is 2.63. The van der Waals surface area contributed by atoms with Crippen molar-refractivity contribution in [2.45, 2.75) is 76.5 Å². The van der Waals surface area contributed by atoms with E-state index in [1.165, 1.54) is 0 Å². The van der Waals surface area contributed by atoms with Crippen molar-refractivity contribution in [1.82, 2.24) is 9.71 Å². The number of amides is 1. The molecular formula is C19H31N3O4S. The van der Waals surface area contributed by atoms with Gasteiger partial charge in [0.25, 0.3) is 0 Å². The van der Waals surface area contributed by atoms with Gasteiger partial charge < -0.3 is 10.8 Å². The summed E-state index contributed by atoms with van der Waals surface area (Å²) in [5.74, 6) is -1.16. The summed E-state index contributed by atoms with van der Waals surface area (Å²) in [5, 5.41) is 8.64. The van der Waals surface area contributed by atoms with Gasteiger partial charge in [0, 0.05) is 19.0 Å². The summed E-state index contributed by atoms with van der Waals surface area (Å²) in [7, 11) is -1.29. The van der Waals surface area contributed by atoms with Crippen LogP contribution < -0.4 is 10.5 Å². The Morgan fingerprint density at radius 2 is 1.93 bits per heavy atom. The first-order chi connectivity index (χ1) is 12.6. The number of aliphatic carboxylic acids is 1. The van der Waals surface area contributed by atoms with E-state index < -0.39 is 27.6 Å². The summed E-state index contributed by atoms with van der Waals surface area (Å²) in [5.41, 5.74) is 7.05. The van der Waals surface area contributed by atoms with Crippen LogP contribution in [0.15, 0.2) is 18.3 Å². The highest BCUT2D eigenvalue weighted by Gasteiger charge is 2.24. The predicted molar refractivity (Wildman–Crippen MR) is 106 cm³/mol. The molecule has 1 heterocycles. The highest BCUT2D eigenvalue weighted by atomic mass is 32.2. The van der Waals surface area contributed by atoms with E-state index in [1.807, 2.05) is 32.9 Å². The monoisotopic (exact) mass is 397 g/mol. The zero-order valence-electron chi connectivity index (χ0n) is 16.4. The van der Waals surface area contributed by atoms with E-state index in [0.29, 0.717) is 12.8 Å². The van der Waals surface area contributed by atoms with Gasteiger partial charge in [0.15, 0.2) is 0 Å². The van der Waals surface area contributed by atoms with Gasteiger partial charge in [0.1, 0.15) is 0 Å². The Morgan fingerprint density at radius 3 is 2.44 bits per heavy atom. The van der Waals surface area contributed by atoms with Crippen molar-refractivity contribution in [2.24, 2.45) is 5.73 Å². The maximum absolute atomic E-state index is 12.4. The van der Waals surface area contributed by atoms with E-state index >= 15 is 0 Å². The zero-order chi connectivity index (χ0) is 20.4. The standard InChI is InChI=1S/C19H31N3O4S/c1-19(2,3)27(26)22-16(11-12-17(20)23)15-10-9-14(13-21-15)7-5-4-6-8-18(24)25/h9-10,13,16,22H,4-8,11-12H2,1-3H3,(H2,20,23)(H,24,25). The summed E-state index contributed by atoms with van der Waals surface area (Å²) in [6, 6.07) is 3.53. The molecule has 1 aromatic rings. The van der Waals surface area contributed by atoms with E-state index in [1.54, 1.807) is 6.20 Å². The SMILES string of the molecule is CC(C)(C)S(=O)NC(CCC(N)=O)c1ccc(CCCCCC(=O)O)cn1. The highest BCUT2D eigenvalue weighted by Crippen LogP contribution is 2.21. The number of rotatable bonds is 12. The summed E-state index contributed by atoms with van der Waals surface area (Å²) in [4.78, 5) is 26.1. The third kappa shape index (κ3) is 9.63. The third-order valence-corrected chi connectivity index (χ3v) is 5.66. The van der Waals surface area contributed by atoms with E-state index in [4.69, 9.17) is 10.8 Å². The van der Waals surface area contributed by atoms with Gasteiger partial charge >= 0.3 is 5.97 Å². The van der Waals surface area contributed by atoms with Gasteiger partial charge in [-0.1, -0.05) is 12.5 Å². The van der Waals surface area contributed by atoms with Crippen molar-refractivity contribution in [2.75, 3.05) is 0 Å². The van der Waals surface area contributed by atoms with Crippen LogP contribution in [0, 0.1) is 0 Å². The molecule has 7 nitrogen and oxygen atoms in total. The molecule has 0 saturated heterocycles. The molecule has 0 spiro atoms. The van der Waals surface area contributed by atoms with Gasteiger partial charge in [-0.15, -0.1) is 0 Å². The number of hydrogen-bond donors (Lipinski definition) is 3. The Labute approximate surface area is 163 Å². The Hall–Kier alpha value is -1.80. The first-order valence-corrected chi connectivity index (χ1v) is 10.4. The molecule has 0 radical (unpaired) electrons. The molecule has 0 aliphatic heterocycles. The van der Waals surface area contributed by atoms with Crippen molar-refractivity contribution in [3.05, 3.63) is 29.6 Å². The fourth-order valence-corrected chi connectivity index (χ4v) is 3.28. The van der Waals surface area contributed by atoms with Crippen LogP contribution in [0.3, 0.4) is 0 Å². The van der Waals surface area contributed by atoms with E-state index in [2.05, 4.69) is 9.71 Å². The van der Waals surface area contributed by atoms with Crippen LogP contribution in [0.1, 0.15) is 76.6 Å². The highest BCUT2D eigenvalue weighted by molar-refractivity contribution is 7.84. The van der Waals surface area contributed by atoms with Crippen LogP contribution >= 0.6 is 0 Å². The number of hydrogen-bond acceptors (Lipinski definition) is 4. The number of unbranched alkanes of at least 4 members (excludes halogenated alkanes) is 2. The van der Waals surface area contributed by atoms with Crippen LogP contribution in [0.5, 0.6) is 0 Å². The Balaban J connectivity index is 2.68. The molecule has 0 bridgehead atoms. The van der Waals surface area contributed by atoms with Crippen molar-refractivity contribution in [1.29, 1.82) is 0 Å². The topological polar surface area (TPSA) is 122 Å². The summed E-state index contributed by atoms with van der Waals surface area (Å²) in [6.45, 7) is 5.63. The molecule has 1 rings (SSSR count). The quantitative estimate of drug-likeness (QED) is 0.468. The largest absolute Gasteiger partial charge is 0.481 e. The second-order valence-electron chi connectivity index (χ2n) is 7.60. The molecule has 27 heavy (non-hydrogen) atoms. The van der Waals surface area contributed by atoms with Crippen LogP contribution in [0.25, 0.3) is 0 Å². The summed E-state index contributed by atoms with van der Waals surface area (Å²) >= 11 is 0. The minimum atomic E-state index is -1.29. The number of carboxylic acids is 1. The summed E-state index contributed by atoms with van der Waals surface area (Å²) < 4.78 is 15.1. The number of aryl methyl sites for hydroxylation is 1. The van der Waals surface area contributed by atoms with Crippen LogP contribution in [0.4, 0.5) is 0 Å². The fourth-order valence-electron chi connectivity index (χ4n) is 2.43. The van der Waals surface area contributed by atoms with Crippen molar-refractivity contribution < 1.29 is 18.9 Å². The smallest absolute Gasteiger partial charge is 0.303 e. The molecule has 0 aliphatic rings. The number of carbonyl (C=O) groups is 2. The van der Waals surface area contributed by atoms with Gasteiger partial charge in [0.2, 0.25) is 5.91 Å². The molecule has 2 unspecified atom stereocenters. The minimum absolute atomic E-state index is 0.187. The van der Waals surface area contributed by atoms with E-state index in [0.717, 1.165) is 30.5 Å². The lowest BCUT2D eigenvalue weighted by Crippen LogP contribution is -2.36. The minimum Gasteiger partial charge on any atom is -0.481 e. The van der Waals surface area contributed by atoms with Crippen LogP contribution in [-0.2, 0) is 27.0 Å². The van der Waals surface area contributed by atoms with Gasteiger partial charge in [0.05, 0.1) is 27.5 Å². The molecule has 152 valence electrons. The van der Waals surface area contributed by atoms with Gasteiger partial charge in [-0.2, -0.15) is 0 Å². The third-order valence-electron chi connectivity index (χ3n) is 4.05. The summed E-state index contributed by atoms with van der Waals surface area (Å²) in [6.07, 6.45) is 5.89. The molecular weight excluding hydrogens is 366 g/mol. The maximum atomic E-state index is 12.4. The maximum Gasteiger partial charge on any atom is 0.303 e. The molecule has 1 aromatic heterocycles. The molecule has 0 fully saturated rings. The van der Waals surface area contributed by atoms with Crippen molar-refractivity contribution in [3.8, 4) is 0 Å².